The molecule has 0 spiro atoms. The van der Waals surface area contributed by atoms with Crippen molar-refractivity contribution in [2.45, 2.75) is 30.9 Å². The Kier molecular flexibility index (Phi) is 4.81. The Balaban J connectivity index is 2.32. The molecule has 2 aromatic rings. The smallest absolute Gasteiger partial charge is 0.185 e. The molecule has 0 aromatic heterocycles. The summed E-state index contributed by atoms with van der Waals surface area (Å²) in [6, 6.07) is 15.3. The lowest BCUT2D eigenvalue weighted by Gasteiger charge is -2.14. The van der Waals surface area contributed by atoms with Gasteiger partial charge in [-0.05, 0) is 24.6 Å². The number of hydrogen-bond donors (Lipinski definition) is 0. The first-order valence-corrected chi connectivity index (χ1v) is 8.82. The molecular formula is C18H20O3S. The van der Waals surface area contributed by atoms with Gasteiger partial charge in [-0.3, -0.25) is 4.79 Å². The van der Waals surface area contributed by atoms with E-state index < -0.39 is 15.1 Å². The summed E-state index contributed by atoms with van der Waals surface area (Å²) in [5, 5.41) is -0.625. The molecule has 0 radical (unpaired) electrons. The first-order valence-electron chi connectivity index (χ1n) is 7.27. The maximum absolute atomic E-state index is 12.7. The molecule has 0 aliphatic rings. The minimum absolute atomic E-state index is 0.0139. The Hall–Kier alpha value is -1.94. The summed E-state index contributed by atoms with van der Waals surface area (Å²) in [5.41, 5.74) is 1.30. The second-order valence-electron chi connectivity index (χ2n) is 5.64. The predicted molar refractivity (Wildman–Crippen MR) is 87.7 cm³/mol. The highest BCUT2D eigenvalue weighted by Gasteiger charge is 2.25. The molecule has 0 aliphatic heterocycles. The summed E-state index contributed by atoms with van der Waals surface area (Å²) in [7, 11) is -3.47. The van der Waals surface area contributed by atoms with Crippen molar-refractivity contribution in [3.05, 3.63) is 65.7 Å². The third-order valence-corrected chi connectivity index (χ3v) is 5.86. The van der Waals surface area contributed by atoms with Crippen LogP contribution in [0, 0.1) is 5.92 Å². The number of hydrogen-bond acceptors (Lipinski definition) is 3. The molecule has 0 heterocycles. The Morgan fingerprint density at radius 3 is 1.91 bits per heavy atom. The Morgan fingerprint density at radius 1 is 0.864 bits per heavy atom. The number of carbonyl (C=O) groups excluding carboxylic acids is 1. The molecule has 22 heavy (non-hydrogen) atoms. The number of rotatable bonds is 5. The van der Waals surface area contributed by atoms with Crippen molar-refractivity contribution < 1.29 is 13.2 Å². The largest absolute Gasteiger partial charge is 0.294 e. The van der Waals surface area contributed by atoms with E-state index in [4.69, 9.17) is 0 Å². The van der Waals surface area contributed by atoms with Crippen LogP contribution in [-0.2, 0) is 9.84 Å². The van der Waals surface area contributed by atoms with E-state index in [1.54, 1.807) is 31.2 Å². The Morgan fingerprint density at radius 2 is 1.41 bits per heavy atom. The van der Waals surface area contributed by atoms with E-state index >= 15 is 0 Å². The lowest BCUT2D eigenvalue weighted by atomic mass is 10.0. The van der Waals surface area contributed by atoms with Gasteiger partial charge in [0.1, 0.15) is 0 Å². The molecule has 1 atom stereocenters. The van der Waals surface area contributed by atoms with Crippen LogP contribution in [0.15, 0.2) is 59.5 Å². The average Bonchev–Trinajstić information content (AvgIpc) is 2.54. The standard InChI is InChI=1S/C18H20O3S/c1-13(2)18(19)16-9-11-17(12-10-16)22(20,21)14(3)15-7-5-4-6-8-15/h4-14H,1-3H3. The molecular weight excluding hydrogens is 296 g/mol. The SMILES string of the molecule is CC(C)C(=O)c1ccc(S(=O)(=O)C(C)c2ccccc2)cc1. The van der Waals surface area contributed by atoms with Crippen molar-refractivity contribution in [3.63, 3.8) is 0 Å². The van der Waals surface area contributed by atoms with E-state index in [0.717, 1.165) is 5.56 Å². The second-order valence-corrected chi connectivity index (χ2v) is 7.91. The van der Waals surface area contributed by atoms with E-state index in [1.165, 1.54) is 12.1 Å². The van der Waals surface area contributed by atoms with Gasteiger partial charge in [0.05, 0.1) is 10.1 Å². The van der Waals surface area contributed by atoms with Crippen LogP contribution >= 0.6 is 0 Å². The highest BCUT2D eigenvalue weighted by atomic mass is 32.2. The number of benzene rings is 2. The summed E-state index contributed by atoms with van der Waals surface area (Å²) >= 11 is 0. The van der Waals surface area contributed by atoms with Gasteiger partial charge in [-0.25, -0.2) is 8.42 Å². The molecule has 4 heteroatoms. The van der Waals surface area contributed by atoms with Gasteiger partial charge in [-0.2, -0.15) is 0 Å². The predicted octanol–water partition coefficient (Wildman–Crippen LogP) is 4.06. The Bertz CT molecular complexity index is 745. The molecule has 1 unspecified atom stereocenters. The van der Waals surface area contributed by atoms with Crippen LogP contribution in [0.4, 0.5) is 0 Å². The third kappa shape index (κ3) is 3.28. The third-order valence-electron chi connectivity index (χ3n) is 3.73. The Labute approximate surface area is 131 Å². The van der Waals surface area contributed by atoms with Crippen LogP contribution < -0.4 is 0 Å². The van der Waals surface area contributed by atoms with Gasteiger partial charge >= 0.3 is 0 Å². The summed E-state index contributed by atoms with van der Waals surface area (Å²) in [6.07, 6.45) is 0. The van der Waals surface area contributed by atoms with Gasteiger partial charge < -0.3 is 0 Å². The molecule has 0 saturated heterocycles. The van der Waals surface area contributed by atoms with Crippen molar-refractivity contribution in [2.75, 3.05) is 0 Å². The van der Waals surface area contributed by atoms with Gasteiger partial charge in [0, 0.05) is 11.5 Å². The fraction of sp³-hybridized carbons (Fsp3) is 0.278. The van der Waals surface area contributed by atoms with Crippen molar-refractivity contribution in [1.82, 2.24) is 0 Å². The molecule has 0 N–H and O–H groups in total. The van der Waals surface area contributed by atoms with Crippen LogP contribution in [0.2, 0.25) is 0 Å². The van der Waals surface area contributed by atoms with Crippen molar-refractivity contribution in [3.8, 4) is 0 Å². The quantitative estimate of drug-likeness (QED) is 0.782. The van der Waals surface area contributed by atoms with Crippen molar-refractivity contribution in [2.24, 2.45) is 5.92 Å². The lowest BCUT2D eigenvalue weighted by molar-refractivity contribution is 0.0939. The highest BCUT2D eigenvalue weighted by Crippen LogP contribution is 2.28. The zero-order valence-electron chi connectivity index (χ0n) is 13.0. The topological polar surface area (TPSA) is 51.2 Å². The van der Waals surface area contributed by atoms with Gasteiger partial charge in [0.15, 0.2) is 15.6 Å². The molecule has 0 bridgehead atoms. The van der Waals surface area contributed by atoms with Crippen LogP contribution in [-0.4, -0.2) is 14.2 Å². The molecule has 3 nitrogen and oxygen atoms in total. The van der Waals surface area contributed by atoms with Crippen LogP contribution in [0.3, 0.4) is 0 Å². The summed E-state index contributed by atoms with van der Waals surface area (Å²) in [6.45, 7) is 5.33. The number of Topliss-reactive ketones (excluding diaryl/α,β-unsaturated/α-hetero) is 1. The van der Waals surface area contributed by atoms with Crippen LogP contribution in [0.5, 0.6) is 0 Å². The normalized spacial score (nSPS) is 13.1. The maximum atomic E-state index is 12.7. The van der Waals surface area contributed by atoms with E-state index in [0.29, 0.717) is 5.56 Å². The van der Waals surface area contributed by atoms with Crippen LogP contribution in [0.25, 0.3) is 0 Å². The minimum atomic E-state index is -3.47. The van der Waals surface area contributed by atoms with Crippen LogP contribution in [0.1, 0.15) is 41.9 Å². The number of ketones is 1. The zero-order chi connectivity index (χ0) is 16.3. The molecule has 0 amide bonds. The molecule has 0 saturated carbocycles. The molecule has 2 rings (SSSR count). The average molecular weight is 316 g/mol. The second kappa shape index (κ2) is 6.44. The summed E-state index contributed by atoms with van der Waals surface area (Å²) in [4.78, 5) is 12.2. The molecule has 116 valence electrons. The number of carbonyl (C=O) groups is 1. The van der Waals surface area contributed by atoms with Gasteiger partial charge in [0.25, 0.3) is 0 Å². The highest BCUT2D eigenvalue weighted by molar-refractivity contribution is 7.91. The van der Waals surface area contributed by atoms with Crippen molar-refractivity contribution in [1.29, 1.82) is 0 Å². The van der Waals surface area contributed by atoms with Gasteiger partial charge in [-0.1, -0.05) is 56.3 Å². The van der Waals surface area contributed by atoms with Gasteiger partial charge in [-0.15, -0.1) is 0 Å². The van der Waals surface area contributed by atoms with Crippen molar-refractivity contribution >= 4 is 15.6 Å². The fourth-order valence-electron chi connectivity index (χ4n) is 2.25. The molecule has 2 aromatic carbocycles. The lowest BCUT2D eigenvalue weighted by Crippen LogP contribution is -2.12. The fourth-order valence-corrected chi connectivity index (χ4v) is 3.69. The van der Waals surface area contributed by atoms with E-state index in [2.05, 4.69) is 0 Å². The first-order chi connectivity index (χ1) is 10.3. The first kappa shape index (κ1) is 16.4. The van der Waals surface area contributed by atoms with E-state index in [1.807, 2.05) is 32.0 Å². The summed E-state index contributed by atoms with van der Waals surface area (Å²) < 4.78 is 25.3. The molecule has 0 fully saturated rings. The molecule has 0 aliphatic carbocycles. The minimum Gasteiger partial charge on any atom is -0.294 e. The summed E-state index contributed by atoms with van der Waals surface area (Å²) in [5.74, 6) is -0.0919. The van der Waals surface area contributed by atoms with E-state index in [9.17, 15) is 13.2 Å². The number of sulfone groups is 1. The monoisotopic (exact) mass is 316 g/mol. The maximum Gasteiger partial charge on any atom is 0.185 e. The van der Waals surface area contributed by atoms with Gasteiger partial charge in [0.2, 0.25) is 0 Å². The zero-order valence-corrected chi connectivity index (χ0v) is 13.8. The van der Waals surface area contributed by atoms with E-state index in [-0.39, 0.29) is 16.6 Å².